The standard InChI is InChI=1S/C12H20O2Si2.C5H5.Co/c1-15(2,3)11-9(7-13)10(8-14)12(11)16(4,5)6;1-2-4-5-3-1;/h7-8H,1-6H3;1-5H;. The number of carbonyl (C=O) groups excluding carboxylic acids is 2. The molecule has 0 saturated heterocycles. The first kappa shape index (κ1) is 21.8. The molecule has 0 amide bonds. The van der Waals surface area contributed by atoms with Crippen LogP contribution >= 0.6 is 0 Å². The number of aldehydes is 2. The van der Waals surface area contributed by atoms with Crippen LogP contribution in [0.4, 0.5) is 0 Å². The van der Waals surface area contributed by atoms with Crippen LogP contribution in [0.15, 0.2) is 21.5 Å². The molecule has 2 aliphatic carbocycles. The largest absolute Gasteiger partial charge is 0.298 e. The molecule has 2 aliphatic rings. The normalized spacial score (nSPS) is 18.1. The van der Waals surface area contributed by atoms with Crippen molar-refractivity contribution in [3.8, 4) is 0 Å². The molecule has 0 aliphatic heterocycles. The topological polar surface area (TPSA) is 34.1 Å². The molecule has 0 N–H and O–H groups in total. The van der Waals surface area contributed by atoms with Crippen molar-refractivity contribution in [2.75, 3.05) is 0 Å². The maximum atomic E-state index is 11.1. The average molecular weight is 376 g/mol. The average Bonchev–Trinajstić information content (AvgIpc) is 2.83. The van der Waals surface area contributed by atoms with Crippen LogP contribution in [0.5, 0.6) is 0 Å². The van der Waals surface area contributed by atoms with Gasteiger partial charge in [0.2, 0.25) is 0 Å². The molecule has 0 spiro atoms. The summed E-state index contributed by atoms with van der Waals surface area (Å²) in [7, 11) is -3.04. The fourth-order valence-corrected chi connectivity index (χ4v) is 8.62. The number of rotatable bonds is 4. The van der Waals surface area contributed by atoms with Gasteiger partial charge in [0.1, 0.15) is 0 Å². The Morgan fingerprint density at radius 3 is 1.00 bits per heavy atom. The molecule has 6 radical (unpaired) electrons. The monoisotopic (exact) mass is 376 g/mol. The first-order chi connectivity index (χ1) is 9.64. The van der Waals surface area contributed by atoms with Crippen molar-refractivity contribution in [2.45, 2.75) is 39.3 Å². The Balaban J connectivity index is 0.000000622. The molecule has 0 unspecified atom stereocenters. The second-order valence-corrected chi connectivity index (χ2v) is 17.3. The van der Waals surface area contributed by atoms with Crippen molar-refractivity contribution >= 4 is 28.7 Å². The number of carbonyl (C=O) groups is 2. The van der Waals surface area contributed by atoms with E-state index in [2.05, 4.69) is 39.3 Å². The third-order valence-corrected chi connectivity index (χ3v) is 7.66. The van der Waals surface area contributed by atoms with E-state index in [4.69, 9.17) is 0 Å². The summed E-state index contributed by atoms with van der Waals surface area (Å²) in [5.74, 6) is 0. The quantitative estimate of drug-likeness (QED) is 0.553. The molecule has 0 heterocycles. The maximum Gasteiger partial charge on any atom is 0.150 e. The zero-order valence-corrected chi connectivity index (χ0v) is 17.2. The summed E-state index contributed by atoms with van der Waals surface area (Å²) in [6.07, 6.45) is 11.7. The third kappa shape index (κ3) is 5.15. The van der Waals surface area contributed by atoms with Crippen LogP contribution in [-0.2, 0) is 26.4 Å². The van der Waals surface area contributed by atoms with E-state index in [0.29, 0.717) is 11.1 Å². The Kier molecular flexibility index (Phi) is 8.47. The molecule has 22 heavy (non-hydrogen) atoms. The SMILES string of the molecule is C[Si](C)(C)C1=C([Si](C)(C)C)C(C=O)=C1C=O.[CH]1[CH][CH][CH][CH]1.[Co]. The van der Waals surface area contributed by atoms with Gasteiger partial charge in [-0.3, -0.25) is 9.59 Å². The summed E-state index contributed by atoms with van der Waals surface area (Å²) >= 11 is 0. The van der Waals surface area contributed by atoms with Crippen molar-refractivity contribution in [1.82, 2.24) is 0 Å². The molecule has 1 saturated carbocycles. The molecule has 0 bridgehead atoms. The molecular formula is C17H25CoO2Si2. The summed E-state index contributed by atoms with van der Waals surface area (Å²) in [6, 6.07) is 0. The summed E-state index contributed by atoms with van der Waals surface area (Å²) in [5.41, 5.74) is 1.37. The number of hydrogen-bond acceptors (Lipinski definition) is 2. The second-order valence-electron chi connectivity index (χ2n) is 7.28. The van der Waals surface area contributed by atoms with Gasteiger partial charge in [-0.05, 0) is 42.5 Å². The van der Waals surface area contributed by atoms with E-state index in [1.54, 1.807) is 0 Å². The van der Waals surface area contributed by atoms with Crippen molar-refractivity contribution in [2.24, 2.45) is 0 Å². The third-order valence-electron chi connectivity index (χ3n) is 3.37. The molecule has 0 aromatic rings. The summed E-state index contributed by atoms with van der Waals surface area (Å²) < 4.78 is 0. The van der Waals surface area contributed by atoms with Gasteiger partial charge in [-0.15, -0.1) is 0 Å². The predicted molar refractivity (Wildman–Crippen MR) is 94.4 cm³/mol. The van der Waals surface area contributed by atoms with Crippen molar-refractivity contribution in [3.05, 3.63) is 53.6 Å². The molecule has 5 heteroatoms. The summed E-state index contributed by atoms with van der Waals surface area (Å²) in [5, 5.41) is 2.48. The molecule has 0 aromatic heterocycles. The van der Waals surface area contributed by atoms with Crippen LogP contribution in [0, 0.1) is 32.1 Å². The van der Waals surface area contributed by atoms with E-state index in [1.165, 1.54) is 10.4 Å². The first-order valence-corrected chi connectivity index (χ1v) is 14.2. The van der Waals surface area contributed by atoms with Crippen LogP contribution in [0.25, 0.3) is 0 Å². The van der Waals surface area contributed by atoms with Crippen LogP contribution in [-0.4, -0.2) is 28.7 Å². The van der Waals surface area contributed by atoms with Gasteiger partial charge in [0, 0.05) is 27.9 Å². The van der Waals surface area contributed by atoms with Gasteiger partial charge in [-0.25, -0.2) is 0 Å². The van der Waals surface area contributed by atoms with Gasteiger partial charge in [0.15, 0.2) is 12.6 Å². The molecule has 2 nitrogen and oxygen atoms in total. The van der Waals surface area contributed by atoms with Gasteiger partial charge >= 0.3 is 0 Å². The van der Waals surface area contributed by atoms with E-state index in [9.17, 15) is 9.59 Å². The maximum absolute atomic E-state index is 11.1. The minimum atomic E-state index is -1.52. The molecule has 122 valence electrons. The van der Waals surface area contributed by atoms with E-state index in [1.807, 2.05) is 32.1 Å². The van der Waals surface area contributed by atoms with Gasteiger partial charge in [-0.1, -0.05) is 39.3 Å². The number of allylic oxidation sites excluding steroid dienone is 4. The van der Waals surface area contributed by atoms with Crippen LogP contribution < -0.4 is 0 Å². The van der Waals surface area contributed by atoms with Gasteiger partial charge in [0.25, 0.3) is 0 Å². The molecule has 2 rings (SSSR count). The minimum absolute atomic E-state index is 0. The Morgan fingerprint density at radius 1 is 0.636 bits per heavy atom. The fraction of sp³-hybridized carbons (Fsp3) is 0.353. The zero-order chi connectivity index (χ0) is 16.3. The zero-order valence-electron chi connectivity index (χ0n) is 14.2. The van der Waals surface area contributed by atoms with Gasteiger partial charge < -0.3 is 0 Å². The Labute approximate surface area is 148 Å². The van der Waals surface area contributed by atoms with Gasteiger partial charge in [-0.2, -0.15) is 0 Å². The van der Waals surface area contributed by atoms with E-state index < -0.39 is 16.1 Å². The molecule has 0 aromatic carbocycles. The molecule has 1 fully saturated rings. The van der Waals surface area contributed by atoms with Crippen LogP contribution in [0.3, 0.4) is 0 Å². The summed E-state index contributed by atoms with van der Waals surface area (Å²) in [4.78, 5) is 22.1. The Bertz CT molecular complexity index is 430. The smallest absolute Gasteiger partial charge is 0.150 e. The molecule has 0 atom stereocenters. The predicted octanol–water partition coefficient (Wildman–Crippen LogP) is 3.76. The Hall–Kier alpha value is -0.240. The van der Waals surface area contributed by atoms with Crippen LogP contribution in [0.1, 0.15) is 0 Å². The Morgan fingerprint density at radius 2 is 0.864 bits per heavy atom. The second kappa shape index (κ2) is 8.57. The summed E-state index contributed by atoms with van der Waals surface area (Å²) in [6.45, 7) is 13.4. The number of hydrogen-bond donors (Lipinski definition) is 0. The van der Waals surface area contributed by atoms with E-state index in [-0.39, 0.29) is 16.8 Å². The minimum Gasteiger partial charge on any atom is -0.298 e. The molecular weight excluding hydrogens is 351 g/mol. The van der Waals surface area contributed by atoms with Crippen LogP contribution in [0.2, 0.25) is 39.3 Å². The van der Waals surface area contributed by atoms with E-state index >= 15 is 0 Å². The van der Waals surface area contributed by atoms with Gasteiger partial charge in [0.05, 0.1) is 16.1 Å². The van der Waals surface area contributed by atoms with Crippen molar-refractivity contribution in [1.29, 1.82) is 0 Å². The van der Waals surface area contributed by atoms with Crippen molar-refractivity contribution < 1.29 is 26.4 Å². The first-order valence-electron chi connectivity index (χ1n) is 7.22. The van der Waals surface area contributed by atoms with Crippen molar-refractivity contribution in [3.63, 3.8) is 0 Å². The fourth-order valence-electron chi connectivity index (χ4n) is 2.60. The van der Waals surface area contributed by atoms with E-state index in [0.717, 1.165) is 12.6 Å².